The third kappa shape index (κ3) is 2.34. The predicted molar refractivity (Wildman–Crippen MR) is 80.4 cm³/mol. The van der Waals surface area contributed by atoms with Gasteiger partial charge < -0.3 is 15.0 Å². The van der Waals surface area contributed by atoms with Crippen molar-refractivity contribution < 1.29 is 4.74 Å². The molecular weight excluding hydrogens is 266 g/mol. The smallest absolute Gasteiger partial charge is 0.245 e. The maximum absolute atomic E-state index is 5.69. The van der Waals surface area contributed by atoms with E-state index in [0.29, 0.717) is 6.04 Å². The Bertz CT molecular complexity index is 492. The van der Waals surface area contributed by atoms with Crippen LogP contribution in [0.2, 0.25) is 0 Å². The molecule has 1 aliphatic carbocycles. The highest BCUT2D eigenvalue weighted by Crippen LogP contribution is 2.37. The summed E-state index contributed by atoms with van der Waals surface area (Å²) < 4.78 is 5.69. The molecule has 2 N–H and O–H groups in total. The molecule has 0 aromatic carbocycles. The average molecular weight is 291 g/mol. The van der Waals surface area contributed by atoms with Gasteiger partial charge in [-0.15, -0.1) is 5.10 Å². The van der Waals surface area contributed by atoms with Gasteiger partial charge in [0.05, 0.1) is 5.60 Å². The van der Waals surface area contributed by atoms with Crippen molar-refractivity contribution in [2.24, 2.45) is 5.92 Å². The normalized spacial score (nSPS) is 31.0. The molecule has 4 rings (SSSR count). The van der Waals surface area contributed by atoms with Gasteiger partial charge in [0.25, 0.3) is 0 Å². The number of anilines is 1. The number of aromatic nitrogens is 3. The SMILES string of the molecule is COC1(Cc2nc(N3CCCC4CNCC43)n[nH]2)CCC1. The lowest BCUT2D eigenvalue weighted by Crippen LogP contribution is -2.45. The summed E-state index contributed by atoms with van der Waals surface area (Å²) in [5.74, 6) is 2.62. The number of aromatic amines is 1. The summed E-state index contributed by atoms with van der Waals surface area (Å²) in [4.78, 5) is 7.16. The molecule has 2 saturated heterocycles. The molecule has 116 valence electrons. The second kappa shape index (κ2) is 5.25. The number of nitrogens with one attached hydrogen (secondary N) is 2. The summed E-state index contributed by atoms with van der Waals surface area (Å²) in [6, 6.07) is 0.572. The number of H-pyrrole nitrogens is 1. The molecule has 3 fully saturated rings. The van der Waals surface area contributed by atoms with Crippen molar-refractivity contribution in [1.29, 1.82) is 0 Å². The zero-order valence-electron chi connectivity index (χ0n) is 12.8. The first-order chi connectivity index (χ1) is 10.3. The molecule has 1 saturated carbocycles. The van der Waals surface area contributed by atoms with Crippen molar-refractivity contribution in [3.8, 4) is 0 Å². The standard InChI is InChI=1S/C15H25N5O/c1-21-15(5-3-6-15)8-13-17-14(19-18-13)20-7-2-4-11-9-16-10-12(11)20/h11-12,16H,2-10H2,1H3,(H,17,18,19). The number of ether oxygens (including phenoxy) is 1. The van der Waals surface area contributed by atoms with E-state index in [1.54, 1.807) is 0 Å². The summed E-state index contributed by atoms with van der Waals surface area (Å²) in [6.45, 7) is 3.29. The van der Waals surface area contributed by atoms with Gasteiger partial charge in [0, 0.05) is 39.2 Å². The van der Waals surface area contributed by atoms with Gasteiger partial charge in [0.1, 0.15) is 5.82 Å². The molecule has 21 heavy (non-hydrogen) atoms. The molecule has 2 atom stereocenters. The van der Waals surface area contributed by atoms with Gasteiger partial charge in [-0.1, -0.05) is 0 Å². The Morgan fingerprint density at radius 1 is 1.33 bits per heavy atom. The number of hydrogen-bond acceptors (Lipinski definition) is 5. The molecule has 1 aromatic heterocycles. The van der Waals surface area contributed by atoms with E-state index in [-0.39, 0.29) is 5.60 Å². The van der Waals surface area contributed by atoms with Crippen LogP contribution >= 0.6 is 0 Å². The maximum atomic E-state index is 5.69. The summed E-state index contributed by atoms with van der Waals surface area (Å²) in [5.41, 5.74) is 0.0101. The van der Waals surface area contributed by atoms with Gasteiger partial charge in [-0.3, -0.25) is 5.10 Å². The molecule has 2 unspecified atom stereocenters. The molecular formula is C15H25N5O. The van der Waals surface area contributed by atoms with Gasteiger partial charge in [-0.25, -0.2) is 0 Å². The largest absolute Gasteiger partial charge is 0.378 e. The number of methoxy groups -OCH3 is 1. The van der Waals surface area contributed by atoms with Gasteiger partial charge in [-0.2, -0.15) is 4.98 Å². The minimum atomic E-state index is 0.0101. The Hall–Kier alpha value is -1.14. The van der Waals surface area contributed by atoms with Crippen molar-refractivity contribution in [1.82, 2.24) is 20.5 Å². The number of piperidine rings is 1. The summed E-state index contributed by atoms with van der Waals surface area (Å²) in [6.07, 6.45) is 6.97. The molecule has 0 amide bonds. The molecule has 0 radical (unpaired) electrons. The Morgan fingerprint density at radius 3 is 3.00 bits per heavy atom. The highest BCUT2D eigenvalue weighted by Gasteiger charge is 2.39. The Kier molecular flexibility index (Phi) is 3.38. The second-order valence-corrected chi connectivity index (χ2v) is 6.82. The lowest BCUT2D eigenvalue weighted by Gasteiger charge is -2.39. The van der Waals surface area contributed by atoms with Crippen molar-refractivity contribution in [3.05, 3.63) is 5.82 Å². The van der Waals surface area contributed by atoms with Crippen LogP contribution in [-0.4, -0.2) is 53.6 Å². The topological polar surface area (TPSA) is 66.1 Å². The highest BCUT2D eigenvalue weighted by atomic mass is 16.5. The van der Waals surface area contributed by atoms with E-state index in [1.165, 1.54) is 19.3 Å². The third-order valence-corrected chi connectivity index (χ3v) is 5.64. The second-order valence-electron chi connectivity index (χ2n) is 6.82. The molecule has 6 heteroatoms. The first-order valence-electron chi connectivity index (χ1n) is 8.23. The molecule has 0 spiro atoms. The Labute approximate surface area is 125 Å². The predicted octanol–water partition coefficient (Wildman–Crippen LogP) is 1.10. The van der Waals surface area contributed by atoms with Crippen LogP contribution in [0.25, 0.3) is 0 Å². The van der Waals surface area contributed by atoms with E-state index in [0.717, 1.165) is 56.6 Å². The van der Waals surface area contributed by atoms with Crippen LogP contribution in [0.3, 0.4) is 0 Å². The number of fused-ring (bicyclic) bond motifs is 1. The van der Waals surface area contributed by atoms with Gasteiger partial charge >= 0.3 is 0 Å². The van der Waals surface area contributed by atoms with Gasteiger partial charge in [0.2, 0.25) is 5.95 Å². The van der Waals surface area contributed by atoms with E-state index in [4.69, 9.17) is 9.72 Å². The molecule has 0 bridgehead atoms. The lowest BCUT2D eigenvalue weighted by atomic mass is 9.77. The molecule has 3 aliphatic rings. The van der Waals surface area contributed by atoms with Gasteiger partial charge in [-0.05, 0) is 38.0 Å². The van der Waals surface area contributed by atoms with E-state index in [1.807, 2.05) is 7.11 Å². The quantitative estimate of drug-likeness (QED) is 0.870. The molecule has 1 aromatic rings. The third-order valence-electron chi connectivity index (χ3n) is 5.64. The Morgan fingerprint density at radius 2 is 2.24 bits per heavy atom. The van der Waals surface area contributed by atoms with Crippen molar-refractivity contribution in [2.75, 3.05) is 31.6 Å². The molecule has 6 nitrogen and oxygen atoms in total. The van der Waals surface area contributed by atoms with Crippen LogP contribution in [0.15, 0.2) is 0 Å². The van der Waals surface area contributed by atoms with Crippen LogP contribution in [0.5, 0.6) is 0 Å². The van der Waals surface area contributed by atoms with Crippen LogP contribution in [-0.2, 0) is 11.2 Å². The van der Waals surface area contributed by atoms with E-state index in [9.17, 15) is 0 Å². The minimum Gasteiger partial charge on any atom is -0.378 e. The van der Waals surface area contributed by atoms with Gasteiger partial charge in [0.15, 0.2) is 0 Å². The maximum Gasteiger partial charge on any atom is 0.245 e. The van der Waals surface area contributed by atoms with Crippen molar-refractivity contribution in [3.63, 3.8) is 0 Å². The summed E-state index contributed by atoms with van der Waals surface area (Å²) in [5, 5.41) is 11.1. The van der Waals surface area contributed by atoms with Crippen molar-refractivity contribution >= 4 is 5.95 Å². The minimum absolute atomic E-state index is 0.0101. The van der Waals surface area contributed by atoms with Crippen LogP contribution in [0.4, 0.5) is 5.95 Å². The zero-order valence-corrected chi connectivity index (χ0v) is 12.8. The summed E-state index contributed by atoms with van der Waals surface area (Å²) >= 11 is 0. The van der Waals surface area contributed by atoms with Crippen LogP contribution in [0, 0.1) is 5.92 Å². The van der Waals surface area contributed by atoms with Crippen molar-refractivity contribution in [2.45, 2.75) is 50.2 Å². The first-order valence-corrected chi connectivity index (χ1v) is 8.23. The molecule has 3 heterocycles. The monoisotopic (exact) mass is 291 g/mol. The first kappa shape index (κ1) is 13.5. The average Bonchev–Trinajstić information content (AvgIpc) is 3.11. The number of nitrogens with zero attached hydrogens (tertiary/aromatic N) is 3. The fourth-order valence-corrected chi connectivity index (χ4v) is 4.14. The number of hydrogen-bond donors (Lipinski definition) is 2. The zero-order chi connectivity index (χ0) is 14.3. The fraction of sp³-hybridized carbons (Fsp3) is 0.867. The van der Waals surface area contributed by atoms with E-state index < -0.39 is 0 Å². The van der Waals surface area contributed by atoms with E-state index >= 15 is 0 Å². The van der Waals surface area contributed by atoms with Crippen LogP contribution < -0.4 is 10.2 Å². The highest BCUT2D eigenvalue weighted by molar-refractivity contribution is 5.33. The van der Waals surface area contributed by atoms with Crippen LogP contribution in [0.1, 0.15) is 37.9 Å². The fourth-order valence-electron chi connectivity index (χ4n) is 4.14. The Balaban J connectivity index is 1.48. The van der Waals surface area contributed by atoms with E-state index in [2.05, 4.69) is 20.4 Å². The lowest BCUT2D eigenvalue weighted by molar-refractivity contribution is -0.0720. The number of rotatable bonds is 4. The summed E-state index contributed by atoms with van der Waals surface area (Å²) in [7, 11) is 1.82. The molecule has 2 aliphatic heterocycles.